The van der Waals surface area contributed by atoms with Crippen LogP contribution >= 0.6 is 0 Å². The van der Waals surface area contributed by atoms with Gasteiger partial charge in [0.25, 0.3) is 0 Å². The molecule has 0 saturated heterocycles. The maximum absolute atomic E-state index is 5.40. The van der Waals surface area contributed by atoms with Crippen LogP contribution in [0.2, 0.25) is 0 Å². The van der Waals surface area contributed by atoms with Crippen LogP contribution in [-0.2, 0) is 0 Å². The molecule has 2 N–H and O–H groups in total. The second-order valence-corrected chi connectivity index (χ2v) is 8.65. The highest BCUT2D eigenvalue weighted by Crippen LogP contribution is 2.33. The average molecular weight is 472 g/mol. The molecule has 6 heteroatoms. The molecule has 3 heterocycles. The maximum Gasteiger partial charge on any atom is 0.163 e. The summed E-state index contributed by atoms with van der Waals surface area (Å²) in [6.45, 7) is 0.654. The number of pyridine rings is 1. The van der Waals surface area contributed by atoms with Crippen molar-refractivity contribution in [1.82, 2.24) is 19.9 Å². The lowest BCUT2D eigenvalue weighted by Gasteiger charge is -2.20. The number of H-pyrrole nitrogens is 1. The van der Waals surface area contributed by atoms with E-state index in [0.29, 0.717) is 12.4 Å². The van der Waals surface area contributed by atoms with E-state index in [0.717, 1.165) is 33.6 Å². The average Bonchev–Trinajstić information content (AvgIpc) is 3.38. The van der Waals surface area contributed by atoms with E-state index in [1.54, 1.807) is 19.5 Å². The first-order chi connectivity index (χ1) is 17.8. The van der Waals surface area contributed by atoms with E-state index in [4.69, 9.17) is 14.7 Å². The Morgan fingerprint density at radius 3 is 2.47 bits per heavy atom. The number of hydrogen-bond acceptors (Lipinski definition) is 5. The number of anilines is 1. The van der Waals surface area contributed by atoms with Gasteiger partial charge in [-0.3, -0.25) is 4.98 Å². The number of hydrogen-bond donors (Lipinski definition) is 2. The number of aromatic nitrogens is 4. The standard InChI is InChI=1S/C30H25N5O/c1-36-22-14-12-20(13-15-22)25(26-19-32-27-10-4-2-8-23(26)27)18-33-30-24-9-3-5-11-28(24)34-29(35-30)21-7-6-16-31-17-21/h2-17,19,25,32H,18H2,1H3,(H,33,34,35). The van der Waals surface area contributed by atoms with E-state index < -0.39 is 0 Å². The number of nitrogens with zero attached hydrogens (tertiary/aromatic N) is 3. The molecule has 1 atom stereocenters. The van der Waals surface area contributed by atoms with Crippen LogP contribution < -0.4 is 10.1 Å². The van der Waals surface area contributed by atoms with Gasteiger partial charge in [0.2, 0.25) is 0 Å². The summed E-state index contributed by atoms with van der Waals surface area (Å²) in [6.07, 6.45) is 5.66. The molecular formula is C30H25N5O. The van der Waals surface area contributed by atoms with E-state index in [1.807, 2.05) is 42.5 Å². The Hall–Kier alpha value is -4.71. The van der Waals surface area contributed by atoms with Gasteiger partial charge in [-0.1, -0.05) is 42.5 Å². The first-order valence-electron chi connectivity index (χ1n) is 11.9. The summed E-state index contributed by atoms with van der Waals surface area (Å²) in [5, 5.41) is 5.86. The van der Waals surface area contributed by atoms with Crippen LogP contribution in [0.1, 0.15) is 17.0 Å². The monoisotopic (exact) mass is 471 g/mol. The molecule has 176 valence electrons. The van der Waals surface area contributed by atoms with Crippen LogP contribution in [0, 0.1) is 0 Å². The van der Waals surface area contributed by atoms with Crippen LogP contribution in [-0.4, -0.2) is 33.6 Å². The lowest BCUT2D eigenvalue weighted by molar-refractivity contribution is 0.414. The molecule has 3 aromatic heterocycles. The SMILES string of the molecule is COc1ccc(C(CNc2nc(-c3cccnc3)nc3ccccc23)c2c[nH]c3ccccc23)cc1. The molecule has 3 aromatic carbocycles. The Kier molecular flexibility index (Phi) is 5.75. The Bertz CT molecular complexity index is 1630. The number of para-hydroxylation sites is 2. The molecule has 0 aliphatic heterocycles. The topological polar surface area (TPSA) is 75.7 Å². The van der Waals surface area contributed by atoms with Gasteiger partial charge in [0.1, 0.15) is 11.6 Å². The number of ether oxygens (including phenoxy) is 1. The molecule has 0 radical (unpaired) electrons. The molecule has 36 heavy (non-hydrogen) atoms. The number of aromatic amines is 1. The minimum atomic E-state index is 0.0858. The van der Waals surface area contributed by atoms with E-state index in [2.05, 4.69) is 63.9 Å². The Morgan fingerprint density at radius 2 is 1.67 bits per heavy atom. The molecule has 0 fully saturated rings. The highest BCUT2D eigenvalue weighted by Gasteiger charge is 2.19. The van der Waals surface area contributed by atoms with Gasteiger partial charge >= 0.3 is 0 Å². The number of methoxy groups -OCH3 is 1. The zero-order valence-electron chi connectivity index (χ0n) is 19.8. The maximum atomic E-state index is 5.40. The lowest BCUT2D eigenvalue weighted by Crippen LogP contribution is -2.15. The van der Waals surface area contributed by atoms with E-state index in [1.165, 1.54) is 16.5 Å². The Balaban J connectivity index is 1.41. The number of benzene rings is 3. The smallest absolute Gasteiger partial charge is 0.163 e. The molecular weight excluding hydrogens is 446 g/mol. The predicted molar refractivity (Wildman–Crippen MR) is 144 cm³/mol. The largest absolute Gasteiger partial charge is 0.497 e. The molecule has 0 amide bonds. The second-order valence-electron chi connectivity index (χ2n) is 8.65. The number of rotatable bonds is 7. The van der Waals surface area contributed by atoms with Crippen molar-refractivity contribution in [2.24, 2.45) is 0 Å². The quantitative estimate of drug-likeness (QED) is 0.281. The van der Waals surface area contributed by atoms with Gasteiger partial charge in [-0.25, -0.2) is 9.97 Å². The van der Waals surface area contributed by atoms with Crippen molar-refractivity contribution in [2.45, 2.75) is 5.92 Å². The fraction of sp³-hybridized carbons (Fsp3) is 0.100. The van der Waals surface area contributed by atoms with Gasteiger partial charge in [0, 0.05) is 52.9 Å². The third-order valence-corrected chi connectivity index (χ3v) is 6.51. The summed E-state index contributed by atoms with van der Waals surface area (Å²) in [6, 6.07) is 28.7. The zero-order valence-corrected chi connectivity index (χ0v) is 19.8. The Morgan fingerprint density at radius 1 is 0.861 bits per heavy atom. The summed E-state index contributed by atoms with van der Waals surface area (Å²) in [5.74, 6) is 2.38. The molecule has 6 rings (SSSR count). The summed E-state index contributed by atoms with van der Waals surface area (Å²) in [7, 11) is 1.69. The molecule has 0 saturated carbocycles. The number of fused-ring (bicyclic) bond motifs is 2. The van der Waals surface area contributed by atoms with Gasteiger partial charge in [-0.15, -0.1) is 0 Å². The number of nitrogens with one attached hydrogen (secondary N) is 2. The summed E-state index contributed by atoms with van der Waals surface area (Å²) < 4.78 is 5.40. The highest BCUT2D eigenvalue weighted by molar-refractivity contribution is 5.90. The molecule has 0 aliphatic carbocycles. The fourth-order valence-corrected chi connectivity index (χ4v) is 4.66. The van der Waals surface area contributed by atoms with Crippen LogP contribution in [0.25, 0.3) is 33.2 Å². The van der Waals surface area contributed by atoms with E-state index in [-0.39, 0.29) is 5.92 Å². The van der Waals surface area contributed by atoms with Crippen molar-refractivity contribution in [3.63, 3.8) is 0 Å². The third kappa shape index (κ3) is 4.14. The van der Waals surface area contributed by atoms with E-state index >= 15 is 0 Å². The van der Waals surface area contributed by atoms with Crippen LogP contribution in [0.15, 0.2) is 104 Å². The van der Waals surface area contributed by atoms with Gasteiger partial charge in [-0.2, -0.15) is 0 Å². The van der Waals surface area contributed by atoms with Crippen molar-refractivity contribution in [1.29, 1.82) is 0 Å². The van der Waals surface area contributed by atoms with Crippen molar-refractivity contribution in [3.05, 3.63) is 115 Å². The second kappa shape index (κ2) is 9.50. The molecule has 1 unspecified atom stereocenters. The van der Waals surface area contributed by atoms with Crippen molar-refractivity contribution < 1.29 is 4.74 Å². The van der Waals surface area contributed by atoms with Crippen LogP contribution in [0.5, 0.6) is 5.75 Å². The van der Waals surface area contributed by atoms with Crippen molar-refractivity contribution in [2.75, 3.05) is 19.0 Å². The van der Waals surface area contributed by atoms with Gasteiger partial charge in [0.05, 0.1) is 12.6 Å². The van der Waals surface area contributed by atoms with Crippen molar-refractivity contribution in [3.8, 4) is 17.1 Å². The minimum absolute atomic E-state index is 0.0858. The Labute approximate surface area is 209 Å². The lowest BCUT2D eigenvalue weighted by atomic mass is 9.90. The summed E-state index contributed by atoms with van der Waals surface area (Å²) in [5.41, 5.74) is 5.32. The highest BCUT2D eigenvalue weighted by atomic mass is 16.5. The van der Waals surface area contributed by atoms with Gasteiger partial charge < -0.3 is 15.0 Å². The molecule has 0 bridgehead atoms. The molecule has 0 aliphatic rings. The predicted octanol–water partition coefficient (Wildman–Crippen LogP) is 6.43. The zero-order chi connectivity index (χ0) is 24.3. The normalized spacial score (nSPS) is 12.0. The van der Waals surface area contributed by atoms with Crippen LogP contribution in [0.4, 0.5) is 5.82 Å². The van der Waals surface area contributed by atoms with Crippen molar-refractivity contribution >= 4 is 27.6 Å². The molecule has 6 aromatic rings. The first-order valence-corrected chi connectivity index (χ1v) is 11.9. The minimum Gasteiger partial charge on any atom is -0.497 e. The van der Waals surface area contributed by atoms with Crippen LogP contribution in [0.3, 0.4) is 0 Å². The first kappa shape index (κ1) is 21.8. The molecule has 0 spiro atoms. The third-order valence-electron chi connectivity index (χ3n) is 6.51. The van der Waals surface area contributed by atoms with E-state index in [9.17, 15) is 0 Å². The summed E-state index contributed by atoms with van der Waals surface area (Å²) >= 11 is 0. The van der Waals surface area contributed by atoms with Gasteiger partial charge in [-0.05, 0) is 53.6 Å². The fourth-order valence-electron chi connectivity index (χ4n) is 4.66. The van der Waals surface area contributed by atoms with Gasteiger partial charge in [0.15, 0.2) is 5.82 Å². The molecule has 6 nitrogen and oxygen atoms in total. The summed E-state index contributed by atoms with van der Waals surface area (Å²) in [4.78, 5) is 17.4.